The summed E-state index contributed by atoms with van der Waals surface area (Å²) in [6.45, 7) is 0. The van der Waals surface area contributed by atoms with E-state index in [9.17, 15) is 0 Å². The average molecular weight is 672 g/mol. The lowest BCUT2D eigenvalue weighted by Gasteiger charge is -2.17. The van der Waals surface area contributed by atoms with E-state index in [0.29, 0.717) is 5.84 Å². The Hall–Kier alpha value is -6.36. The summed E-state index contributed by atoms with van der Waals surface area (Å²) in [5, 5.41) is 5.99. The van der Waals surface area contributed by atoms with E-state index in [2.05, 4.69) is 146 Å². The summed E-state index contributed by atoms with van der Waals surface area (Å²) < 4.78 is 2.39. The molecule has 0 radical (unpaired) electrons. The fraction of sp³-hybridized carbons (Fsp3) is 0.0213. The Morgan fingerprint density at radius 3 is 2.12 bits per heavy atom. The van der Waals surface area contributed by atoms with Gasteiger partial charge in [0, 0.05) is 27.4 Å². The van der Waals surface area contributed by atoms with E-state index in [1.165, 1.54) is 37.2 Å². The number of nitrogens with two attached hydrogens (primary N) is 1. The number of hydrogen-bond donors (Lipinski definition) is 1. The zero-order valence-corrected chi connectivity index (χ0v) is 28.6. The van der Waals surface area contributed by atoms with E-state index in [1.54, 1.807) is 11.3 Å². The van der Waals surface area contributed by atoms with Crippen LogP contribution in [0.2, 0.25) is 0 Å². The molecule has 0 spiro atoms. The van der Waals surface area contributed by atoms with Gasteiger partial charge in [0.05, 0.1) is 15.9 Å². The van der Waals surface area contributed by atoms with E-state index >= 15 is 0 Å². The number of fused-ring (bicyclic) bond motifs is 6. The number of aliphatic imine (C=N–C) groups is 1. The van der Waals surface area contributed by atoms with Crippen molar-refractivity contribution in [3.8, 4) is 22.3 Å². The van der Waals surface area contributed by atoms with Gasteiger partial charge in [-0.25, -0.2) is 4.99 Å². The van der Waals surface area contributed by atoms with Crippen LogP contribution >= 0.6 is 11.3 Å². The molecule has 0 unspecified atom stereocenters. The zero-order valence-electron chi connectivity index (χ0n) is 27.8. The van der Waals surface area contributed by atoms with Crippen LogP contribution in [0.1, 0.15) is 16.7 Å². The Labute approximate surface area is 300 Å². The predicted molar refractivity (Wildman–Crippen MR) is 218 cm³/mol. The highest BCUT2D eigenvalue weighted by Crippen LogP contribution is 2.41. The molecule has 0 amide bonds. The maximum Gasteiger partial charge on any atom is 0.132 e. The standard InChI is InChI=1S/C47H33N3S/c48-47(50-43(32-15-5-2-6-16-32)26-23-31-13-3-1-4-14-31)42-30-34(36-27-28-49-45-40-21-11-12-22-44(40)51-46(36)45)24-25-39(42)41-29-33-17-7-8-18-35(33)37-19-9-10-20-38(37)41/h1-22,24-30H,23H2,(H2,48,50)/b43-26-. The number of pyridine rings is 1. The SMILES string of the molecule is NC(=N/C(=C\Cc1ccccc1)c1ccccc1)c1cc(-c2ccnc3c2sc2ccccc23)ccc1-c1cc2ccccc2c2ccccc12. The first-order valence-electron chi connectivity index (χ1n) is 17.2. The van der Waals surface area contributed by atoms with Gasteiger partial charge in [-0.1, -0.05) is 146 Å². The third-order valence-corrected chi connectivity index (χ3v) is 10.8. The molecule has 0 atom stereocenters. The topological polar surface area (TPSA) is 51.3 Å². The molecule has 0 fully saturated rings. The molecule has 0 saturated heterocycles. The van der Waals surface area contributed by atoms with Gasteiger partial charge >= 0.3 is 0 Å². The van der Waals surface area contributed by atoms with Crippen molar-refractivity contribution in [1.29, 1.82) is 0 Å². The minimum atomic E-state index is 0.467. The fourth-order valence-corrected chi connectivity index (χ4v) is 8.32. The number of allylic oxidation sites excluding steroid dienone is 1. The summed E-state index contributed by atoms with van der Waals surface area (Å²) in [6.07, 6.45) is 4.83. The van der Waals surface area contributed by atoms with Gasteiger partial charge in [-0.15, -0.1) is 11.3 Å². The van der Waals surface area contributed by atoms with E-state index in [0.717, 1.165) is 55.7 Å². The van der Waals surface area contributed by atoms with E-state index < -0.39 is 0 Å². The van der Waals surface area contributed by atoms with Crippen molar-refractivity contribution in [3.05, 3.63) is 193 Å². The average Bonchev–Trinajstić information content (AvgIpc) is 3.59. The Morgan fingerprint density at radius 1 is 0.608 bits per heavy atom. The first-order chi connectivity index (χ1) is 25.2. The van der Waals surface area contributed by atoms with Crippen LogP contribution < -0.4 is 5.73 Å². The number of rotatable bonds is 7. The summed E-state index contributed by atoms with van der Waals surface area (Å²) in [6, 6.07) is 57.6. The summed E-state index contributed by atoms with van der Waals surface area (Å²) >= 11 is 1.78. The quantitative estimate of drug-likeness (QED) is 0.104. The van der Waals surface area contributed by atoms with Gasteiger partial charge in [0.1, 0.15) is 5.84 Å². The number of thiophene rings is 1. The molecule has 2 N–H and O–H groups in total. The van der Waals surface area contributed by atoms with Gasteiger partial charge in [0.2, 0.25) is 0 Å². The molecule has 9 aromatic rings. The van der Waals surface area contributed by atoms with E-state index in [1.807, 2.05) is 30.5 Å². The zero-order chi connectivity index (χ0) is 34.1. The van der Waals surface area contributed by atoms with E-state index in [4.69, 9.17) is 15.7 Å². The molecule has 2 heterocycles. The van der Waals surface area contributed by atoms with Crippen molar-refractivity contribution in [1.82, 2.24) is 4.98 Å². The Bertz CT molecular complexity index is 2780. The number of benzene rings is 7. The number of nitrogens with zero attached hydrogens (tertiary/aromatic N) is 2. The van der Waals surface area contributed by atoms with Gasteiger partial charge in [-0.05, 0) is 80.0 Å². The van der Waals surface area contributed by atoms with Crippen molar-refractivity contribution in [2.24, 2.45) is 10.7 Å². The minimum absolute atomic E-state index is 0.467. The highest BCUT2D eigenvalue weighted by atomic mass is 32.1. The Morgan fingerprint density at radius 2 is 1.29 bits per heavy atom. The van der Waals surface area contributed by atoms with E-state index in [-0.39, 0.29) is 0 Å². The van der Waals surface area contributed by atoms with Crippen molar-refractivity contribution >= 4 is 64.7 Å². The summed E-state index contributed by atoms with van der Waals surface area (Å²) in [4.78, 5) is 10.1. The lowest BCUT2D eigenvalue weighted by atomic mass is 9.89. The molecule has 4 heteroatoms. The van der Waals surface area contributed by atoms with Gasteiger partial charge in [0.25, 0.3) is 0 Å². The maximum atomic E-state index is 7.22. The Kier molecular flexibility index (Phi) is 7.92. The molecule has 0 aliphatic rings. The fourth-order valence-electron chi connectivity index (χ4n) is 7.12. The van der Waals surface area contributed by atoms with Gasteiger partial charge in [-0.2, -0.15) is 0 Å². The van der Waals surface area contributed by atoms with Crippen molar-refractivity contribution < 1.29 is 0 Å². The lowest BCUT2D eigenvalue weighted by Crippen LogP contribution is -2.15. The van der Waals surface area contributed by atoms with Crippen LogP contribution in [0.25, 0.3) is 69.8 Å². The van der Waals surface area contributed by atoms with Gasteiger partial charge in [0.15, 0.2) is 0 Å². The van der Waals surface area contributed by atoms with Crippen molar-refractivity contribution in [2.45, 2.75) is 6.42 Å². The van der Waals surface area contributed by atoms with Crippen LogP contribution in [0.3, 0.4) is 0 Å². The second-order valence-electron chi connectivity index (χ2n) is 12.7. The largest absolute Gasteiger partial charge is 0.383 e. The summed E-state index contributed by atoms with van der Waals surface area (Å²) in [5.41, 5.74) is 16.6. The normalized spacial score (nSPS) is 12.3. The molecule has 51 heavy (non-hydrogen) atoms. The molecule has 2 aromatic heterocycles. The highest BCUT2D eigenvalue weighted by molar-refractivity contribution is 7.26. The molecule has 7 aromatic carbocycles. The number of hydrogen-bond acceptors (Lipinski definition) is 3. The minimum Gasteiger partial charge on any atom is -0.383 e. The summed E-state index contributed by atoms with van der Waals surface area (Å²) in [5.74, 6) is 0.467. The molecule has 9 rings (SSSR count). The van der Waals surface area contributed by atoms with Crippen LogP contribution in [-0.4, -0.2) is 10.8 Å². The van der Waals surface area contributed by atoms with Gasteiger partial charge < -0.3 is 5.73 Å². The second kappa shape index (κ2) is 13.2. The highest BCUT2D eigenvalue weighted by Gasteiger charge is 2.18. The monoisotopic (exact) mass is 671 g/mol. The van der Waals surface area contributed by atoms with Crippen LogP contribution in [0.5, 0.6) is 0 Å². The van der Waals surface area contributed by atoms with Crippen LogP contribution in [0.15, 0.2) is 181 Å². The van der Waals surface area contributed by atoms with Crippen LogP contribution in [0.4, 0.5) is 0 Å². The molecule has 242 valence electrons. The molecule has 0 bridgehead atoms. The third kappa shape index (κ3) is 5.76. The van der Waals surface area contributed by atoms with Crippen molar-refractivity contribution in [3.63, 3.8) is 0 Å². The molecule has 0 saturated carbocycles. The molecular weight excluding hydrogens is 639 g/mol. The number of aromatic nitrogens is 1. The summed E-state index contributed by atoms with van der Waals surface area (Å²) in [7, 11) is 0. The molecule has 3 nitrogen and oxygen atoms in total. The smallest absolute Gasteiger partial charge is 0.132 e. The number of amidine groups is 1. The third-order valence-electron chi connectivity index (χ3n) is 9.61. The predicted octanol–water partition coefficient (Wildman–Crippen LogP) is 12.1. The molecule has 0 aliphatic heterocycles. The lowest BCUT2D eigenvalue weighted by molar-refractivity contribution is 1.26. The maximum absolute atomic E-state index is 7.22. The molecular formula is C47H33N3S. The first kappa shape index (κ1) is 30.7. The van der Waals surface area contributed by atoms with Crippen molar-refractivity contribution in [2.75, 3.05) is 0 Å². The van der Waals surface area contributed by atoms with Gasteiger partial charge in [-0.3, -0.25) is 4.98 Å². The van der Waals surface area contributed by atoms with Crippen LogP contribution in [0, 0.1) is 0 Å². The second-order valence-corrected chi connectivity index (χ2v) is 13.8. The molecule has 0 aliphatic carbocycles. The Balaban J connectivity index is 1.28. The van der Waals surface area contributed by atoms with Crippen LogP contribution in [-0.2, 0) is 6.42 Å². The first-order valence-corrected chi connectivity index (χ1v) is 18.0.